The monoisotopic (exact) mass is 358 g/mol. The summed E-state index contributed by atoms with van der Waals surface area (Å²) < 4.78 is 20.9. The average molecular weight is 358 g/mol. The second-order valence-electron chi connectivity index (χ2n) is 5.85. The fourth-order valence-corrected chi connectivity index (χ4v) is 3.13. The highest BCUT2D eigenvalue weighted by Crippen LogP contribution is 2.43. The van der Waals surface area contributed by atoms with Crippen molar-refractivity contribution in [1.29, 1.82) is 0 Å². The molecule has 0 saturated heterocycles. The summed E-state index contributed by atoms with van der Waals surface area (Å²) >= 11 is 0. The molecule has 3 rings (SSSR count). The van der Waals surface area contributed by atoms with E-state index in [9.17, 15) is 14.4 Å². The van der Waals surface area contributed by atoms with Crippen molar-refractivity contribution in [2.45, 2.75) is 12.7 Å². The van der Waals surface area contributed by atoms with Gasteiger partial charge < -0.3 is 18.9 Å². The van der Waals surface area contributed by atoms with Crippen molar-refractivity contribution in [3.63, 3.8) is 0 Å². The summed E-state index contributed by atoms with van der Waals surface area (Å²) in [5.41, 5.74) is 0.754. The maximum Gasteiger partial charge on any atom is 0.347 e. The van der Waals surface area contributed by atoms with Crippen LogP contribution in [-0.4, -0.2) is 38.2 Å². The highest BCUT2D eigenvalue weighted by Gasteiger charge is 2.46. The van der Waals surface area contributed by atoms with Gasteiger partial charge >= 0.3 is 11.9 Å². The summed E-state index contributed by atoms with van der Waals surface area (Å²) in [6, 6.07) is 8.84. The predicted octanol–water partition coefficient (Wildman–Crippen LogP) is 1.78. The molecule has 1 heterocycles. The molecule has 7 heteroatoms. The molecule has 1 aliphatic carbocycles. The fourth-order valence-electron chi connectivity index (χ4n) is 3.13. The van der Waals surface area contributed by atoms with Crippen LogP contribution < -0.4 is 4.74 Å². The first-order chi connectivity index (χ1) is 12.6. The Balaban J connectivity index is 1.67. The quantitative estimate of drug-likeness (QED) is 0.566. The highest BCUT2D eigenvalue weighted by atomic mass is 16.7. The standard InChI is InChI=1S/C19H18O7/c1-23-18(22)15-10-25-19(17-12(9-20)7-8-14(15)17)26-16(21)11-24-13-5-3-2-4-6-13/h2-7,9-10,14,17,19H,8,11H2,1H3. The average Bonchev–Trinajstić information content (AvgIpc) is 3.11. The number of para-hydroxylation sites is 1. The number of rotatable bonds is 6. The molecule has 0 aromatic heterocycles. The van der Waals surface area contributed by atoms with E-state index in [2.05, 4.69) is 0 Å². The third-order valence-corrected chi connectivity index (χ3v) is 4.35. The Morgan fingerprint density at radius 3 is 2.73 bits per heavy atom. The Kier molecular flexibility index (Phi) is 5.36. The van der Waals surface area contributed by atoms with E-state index in [1.807, 2.05) is 6.07 Å². The van der Waals surface area contributed by atoms with E-state index in [1.54, 1.807) is 30.3 Å². The molecular formula is C19H18O7. The van der Waals surface area contributed by atoms with Gasteiger partial charge in [-0.1, -0.05) is 24.3 Å². The molecule has 0 bridgehead atoms. The van der Waals surface area contributed by atoms with Crippen LogP contribution in [0.4, 0.5) is 0 Å². The van der Waals surface area contributed by atoms with Crippen LogP contribution in [-0.2, 0) is 28.6 Å². The molecule has 1 aromatic carbocycles. The lowest BCUT2D eigenvalue weighted by molar-refractivity contribution is -0.184. The number of carbonyl (C=O) groups is 3. The van der Waals surface area contributed by atoms with E-state index >= 15 is 0 Å². The molecule has 3 unspecified atom stereocenters. The number of aldehydes is 1. The number of hydrogen-bond acceptors (Lipinski definition) is 7. The number of allylic oxidation sites excluding steroid dienone is 1. The van der Waals surface area contributed by atoms with Gasteiger partial charge in [0.25, 0.3) is 6.29 Å². The van der Waals surface area contributed by atoms with Crippen LogP contribution in [0.1, 0.15) is 6.42 Å². The first-order valence-corrected chi connectivity index (χ1v) is 8.10. The Morgan fingerprint density at radius 2 is 2.04 bits per heavy atom. The van der Waals surface area contributed by atoms with Gasteiger partial charge in [0.1, 0.15) is 12.0 Å². The lowest BCUT2D eigenvalue weighted by Crippen LogP contribution is -2.39. The van der Waals surface area contributed by atoms with Gasteiger partial charge in [0.15, 0.2) is 6.61 Å². The van der Waals surface area contributed by atoms with E-state index < -0.39 is 24.1 Å². The lowest BCUT2D eigenvalue weighted by atomic mass is 9.83. The van der Waals surface area contributed by atoms with Crippen LogP contribution in [0.25, 0.3) is 0 Å². The van der Waals surface area contributed by atoms with Crippen LogP contribution >= 0.6 is 0 Å². The first-order valence-electron chi connectivity index (χ1n) is 8.10. The topological polar surface area (TPSA) is 88.1 Å². The van der Waals surface area contributed by atoms with Crippen molar-refractivity contribution < 1.29 is 33.3 Å². The fraction of sp³-hybridized carbons (Fsp3) is 0.316. The summed E-state index contributed by atoms with van der Waals surface area (Å²) in [6.07, 6.45) is 3.12. The van der Waals surface area contributed by atoms with Gasteiger partial charge in [-0.25, -0.2) is 9.59 Å². The number of fused-ring (bicyclic) bond motifs is 1. The number of esters is 2. The maximum absolute atomic E-state index is 12.1. The molecular weight excluding hydrogens is 340 g/mol. The van der Waals surface area contributed by atoms with Crippen LogP contribution in [0.2, 0.25) is 0 Å². The molecule has 0 saturated carbocycles. The molecule has 2 aliphatic rings. The molecule has 26 heavy (non-hydrogen) atoms. The SMILES string of the molecule is COC(=O)C1=COC(OC(=O)COc2ccccc2)C2C(C=O)=CCC12. The van der Waals surface area contributed by atoms with E-state index in [0.717, 1.165) is 0 Å². The Hall–Kier alpha value is -3.09. The number of carbonyl (C=O) groups excluding carboxylic acids is 3. The Morgan fingerprint density at radius 1 is 1.27 bits per heavy atom. The maximum atomic E-state index is 12.1. The van der Waals surface area contributed by atoms with Gasteiger partial charge in [-0.3, -0.25) is 4.79 Å². The largest absolute Gasteiger partial charge is 0.482 e. The minimum atomic E-state index is -1.00. The van der Waals surface area contributed by atoms with Gasteiger partial charge in [-0.15, -0.1) is 0 Å². The summed E-state index contributed by atoms with van der Waals surface area (Å²) in [5, 5.41) is 0. The summed E-state index contributed by atoms with van der Waals surface area (Å²) in [5.74, 6) is -1.51. The van der Waals surface area contributed by atoms with Gasteiger partial charge in [-0.2, -0.15) is 0 Å². The molecule has 0 fully saturated rings. The van der Waals surface area contributed by atoms with Crippen molar-refractivity contribution in [3.05, 3.63) is 53.8 Å². The van der Waals surface area contributed by atoms with E-state index in [0.29, 0.717) is 29.6 Å². The van der Waals surface area contributed by atoms with Crippen LogP contribution in [0.15, 0.2) is 53.8 Å². The zero-order valence-electron chi connectivity index (χ0n) is 14.1. The van der Waals surface area contributed by atoms with Crippen molar-refractivity contribution in [1.82, 2.24) is 0 Å². The van der Waals surface area contributed by atoms with Crippen molar-refractivity contribution in [2.24, 2.45) is 11.8 Å². The number of hydrogen-bond donors (Lipinski definition) is 0. The first kappa shape index (κ1) is 17.7. The van der Waals surface area contributed by atoms with Crippen molar-refractivity contribution >= 4 is 18.2 Å². The molecule has 0 spiro atoms. The van der Waals surface area contributed by atoms with Crippen LogP contribution in [0.3, 0.4) is 0 Å². The van der Waals surface area contributed by atoms with E-state index in [1.165, 1.54) is 13.4 Å². The number of ether oxygens (including phenoxy) is 4. The number of methoxy groups -OCH3 is 1. The van der Waals surface area contributed by atoms with Gasteiger partial charge in [0, 0.05) is 5.92 Å². The Bertz CT molecular complexity index is 750. The molecule has 136 valence electrons. The molecule has 7 nitrogen and oxygen atoms in total. The highest BCUT2D eigenvalue weighted by molar-refractivity contribution is 5.90. The zero-order valence-corrected chi connectivity index (χ0v) is 14.1. The minimum absolute atomic E-state index is 0.297. The number of benzene rings is 1. The van der Waals surface area contributed by atoms with Gasteiger partial charge in [-0.05, 0) is 24.1 Å². The molecule has 0 radical (unpaired) electrons. The Labute approximate surface area is 150 Å². The second-order valence-corrected chi connectivity index (χ2v) is 5.85. The third-order valence-electron chi connectivity index (χ3n) is 4.35. The van der Waals surface area contributed by atoms with Crippen molar-refractivity contribution in [2.75, 3.05) is 13.7 Å². The van der Waals surface area contributed by atoms with Gasteiger partial charge in [0.2, 0.25) is 0 Å². The van der Waals surface area contributed by atoms with Crippen LogP contribution in [0.5, 0.6) is 5.75 Å². The molecule has 1 aromatic rings. The minimum Gasteiger partial charge on any atom is -0.482 e. The van der Waals surface area contributed by atoms with Crippen LogP contribution in [0, 0.1) is 11.8 Å². The normalized spacial score (nSPS) is 23.7. The van der Waals surface area contributed by atoms with Gasteiger partial charge in [0.05, 0.1) is 24.9 Å². The smallest absolute Gasteiger partial charge is 0.347 e. The molecule has 3 atom stereocenters. The third kappa shape index (κ3) is 3.61. The summed E-state index contributed by atoms with van der Waals surface area (Å²) in [7, 11) is 1.27. The molecule has 0 N–H and O–H groups in total. The van der Waals surface area contributed by atoms with E-state index in [4.69, 9.17) is 18.9 Å². The summed E-state index contributed by atoms with van der Waals surface area (Å²) in [4.78, 5) is 35.3. The predicted molar refractivity (Wildman–Crippen MR) is 88.7 cm³/mol. The van der Waals surface area contributed by atoms with E-state index in [-0.39, 0.29) is 12.5 Å². The van der Waals surface area contributed by atoms with Crippen molar-refractivity contribution in [3.8, 4) is 5.75 Å². The molecule has 1 aliphatic heterocycles. The second kappa shape index (κ2) is 7.86. The summed E-state index contributed by atoms with van der Waals surface area (Å²) in [6.45, 7) is -0.297. The lowest BCUT2D eigenvalue weighted by Gasteiger charge is -2.33. The zero-order chi connectivity index (χ0) is 18.5. The molecule has 0 amide bonds.